The summed E-state index contributed by atoms with van der Waals surface area (Å²) in [7, 11) is 0. The number of ether oxygens (including phenoxy) is 1. The lowest BCUT2D eigenvalue weighted by atomic mass is 10.1. The van der Waals surface area contributed by atoms with Crippen molar-refractivity contribution in [3.05, 3.63) is 77.3 Å². The van der Waals surface area contributed by atoms with E-state index in [0.717, 1.165) is 11.3 Å². The summed E-state index contributed by atoms with van der Waals surface area (Å²) >= 11 is 5.24. The molecule has 0 fully saturated rings. The van der Waals surface area contributed by atoms with Crippen LogP contribution < -0.4 is 5.32 Å². The molecule has 25 heavy (non-hydrogen) atoms. The number of benzene rings is 2. The first-order chi connectivity index (χ1) is 12.2. The molecular formula is C19H19N3O2S. The van der Waals surface area contributed by atoms with Crippen molar-refractivity contribution in [3.8, 4) is 5.69 Å². The van der Waals surface area contributed by atoms with Crippen LogP contribution in [0.2, 0.25) is 0 Å². The summed E-state index contributed by atoms with van der Waals surface area (Å²) in [5, 5.41) is 2.93. The van der Waals surface area contributed by atoms with Gasteiger partial charge in [-0.25, -0.2) is 0 Å². The third-order valence-corrected chi connectivity index (χ3v) is 4.03. The van der Waals surface area contributed by atoms with Gasteiger partial charge in [-0.2, -0.15) is 0 Å². The van der Waals surface area contributed by atoms with Gasteiger partial charge in [0, 0.05) is 30.4 Å². The Hall–Kier alpha value is -2.70. The van der Waals surface area contributed by atoms with Gasteiger partial charge in [0.2, 0.25) is 0 Å². The quantitative estimate of drug-likeness (QED) is 0.651. The van der Waals surface area contributed by atoms with Crippen molar-refractivity contribution >= 4 is 23.8 Å². The van der Waals surface area contributed by atoms with E-state index in [4.69, 9.17) is 17.0 Å². The van der Waals surface area contributed by atoms with E-state index in [2.05, 4.69) is 10.3 Å². The average Bonchev–Trinajstić information content (AvgIpc) is 3.06. The molecule has 0 saturated heterocycles. The molecule has 0 radical (unpaired) electrons. The molecule has 1 atom stereocenters. The lowest BCUT2D eigenvalue weighted by Crippen LogP contribution is -2.23. The zero-order valence-electron chi connectivity index (χ0n) is 13.8. The van der Waals surface area contributed by atoms with E-state index in [-0.39, 0.29) is 5.91 Å². The van der Waals surface area contributed by atoms with Crippen LogP contribution in [0.5, 0.6) is 0 Å². The fourth-order valence-electron chi connectivity index (χ4n) is 2.58. The van der Waals surface area contributed by atoms with E-state index in [0.29, 0.717) is 17.1 Å². The minimum atomic E-state index is -0.649. The number of anilines is 1. The summed E-state index contributed by atoms with van der Waals surface area (Å²) in [4.78, 5) is 15.7. The minimum absolute atomic E-state index is 0.206. The maximum absolute atomic E-state index is 12.7. The molecule has 0 saturated carbocycles. The van der Waals surface area contributed by atoms with Crippen LogP contribution in [0.4, 0.5) is 5.69 Å². The number of hydrogen-bond donors (Lipinski definition) is 2. The molecule has 0 aliphatic carbocycles. The molecule has 0 aliphatic heterocycles. The normalized spacial score (nSPS) is 11.9. The minimum Gasteiger partial charge on any atom is -0.364 e. The first-order valence-corrected chi connectivity index (χ1v) is 8.43. The number of carbonyl (C=O) groups is 1. The van der Waals surface area contributed by atoms with Crippen molar-refractivity contribution in [1.82, 2.24) is 9.55 Å². The van der Waals surface area contributed by atoms with E-state index < -0.39 is 6.10 Å². The number of aromatic nitrogens is 2. The first-order valence-electron chi connectivity index (χ1n) is 8.03. The highest BCUT2D eigenvalue weighted by molar-refractivity contribution is 7.71. The standard InChI is InChI=1S/C19H19N3O2S/c1-2-24-17(14-7-4-3-5-8-14)18(23)21-15-9-6-10-16(13-15)22-12-11-20-19(22)25/h3-13,17H,2H2,1H3,(H,20,25)(H,21,23). The lowest BCUT2D eigenvalue weighted by Gasteiger charge is -2.17. The Morgan fingerprint density at radius 2 is 2.04 bits per heavy atom. The third-order valence-electron chi connectivity index (χ3n) is 3.71. The summed E-state index contributed by atoms with van der Waals surface area (Å²) in [6.07, 6.45) is 2.97. The molecule has 1 heterocycles. The van der Waals surface area contributed by atoms with Crippen LogP contribution in [0.1, 0.15) is 18.6 Å². The summed E-state index contributed by atoms with van der Waals surface area (Å²) in [5.74, 6) is -0.206. The van der Waals surface area contributed by atoms with Crippen LogP contribution in [0.3, 0.4) is 0 Å². The Balaban J connectivity index is 1.82. The molecule has 2 N–H and O–H groups in total. The van der Waals surface area contributed by atoms with Gasteiger partial charge in [-0.1, -0.05) is 36.4 Å². The Labute approximate surface area is 151 Å². The van der Waals surface area contributed by atoms with E-state index in [1.807, 2.05) is 72.3 Å². The Kier molecular flexibility index (Phi) is 5.42. The second-order valence-corrected chi connectivity index (χ2v) is 5.81. The summed E-state index contributed by atoms with van der Waals surface area (Å²) in [5.41, 5.74) is 2.38. The van der Waals surface area contributed by atoms with Crippen molar-refractivity contribution in [2.45, 2.75) is 13.0 Å². The van der Waals surface area contributed by atoms with E-state index in [1.165, 1.54) is 0 Å². The molecule has 0 aliphatic rings. The van der Waals surface area contributed by atoms with Crippen molar-refractivity contribution in [3.63, 3.8) is 0 Å². The Bertz CT molecular complexity index is 902. The molecule has 1 aromatic heterocycles. The van der Waals surface area contributed by atoms with Gasteiger partial charge in [-0.15, -0.1) is 0 Å². The number of imidazole rings is 1. The van der Waals surface area contributed by atoms with Crippen molar-refractivity contribution in [2.24, 2.45) is 0 Å². The molecule has 3 rings (SSSR count). The molecule has 128 valence electrons. The molecule has 5 nitrogen and oxygen atoms in total. The number of nitrogens with zero attached hydrogens (tertiary/aromatic N) is 1. The van der Waals surface area contributed by atoms with Gasteiger partial charge in [-0.05, 0) is 42.9 Å². The number of hydrogen-bond acceptors (Lipinski definition) is 3. The van der Waals surface area contributed by atoms with Crippen LogP contribution in [0, 0.1) is 4.77 Å². The highest BCUT2D eigenvalue weighted by Gasteiger charge is 2.20. The molecule has 2 aromatic carbocycles. The van der Waals surface area contributed by atoms with Gasteiger partial charge in [0.15, 0.2) is 10.9 Å². The Morgan fingerprint density at radius 1 is 1.24 bits per heavy atom. The van der Waals surface area contributed by atoms with Crippen LogP contribution in [0.15, 0.2) is 67.0 Å². The second-order valence-electron chi connectivity index (χ2n) is 5.42. The van der Waals surface area contributed by atoms with Gasteiger partial charge < -0.3 is 15.0 Å². The molecule has 6 heteroatoms. The third kappa shape index (κ3) is 4.04. The lowest BCUT2D eigenvalue weighted by molar-refractivity contribution is -0.127. The fourth-order valence-corrected chi connectivity index (χ4v) is 2.82. The average molecular weight is 353 g/mol. The molecular weight excluding hydrogens is 334 g/mol. The van der Waals surface area contributed by atoms with Gasteiger partial charge in [0.1, 0.15) is 0 Å². The summed E-state index contributed by atoms with van der Waals surface area (Å²) in [6, 6.07) is 17.0. The predicted octanol–water partition coefficient (Wildman–Crippen LogP) is 4.25. The van der Waals surface area contributed by atoms with Crippen LogP contribution in [0.25, 0.3) is 5.69 Å². The molecule has 1 amide bonds. The number of nitrogens with one attached hydrogen (secondary N) is 2. The van der Waals surface area contributed by atoms with Crippen molar-refractivity contribution in [1.29, 1.82) is 0 Å². The zero-order chi connectivity index (χ0) is 17.6. The topological polar surface area (TPSA) is 59.0 Å². The summed E-state index contributed by atoms with van der Waals surface area (Å²) < 4.78 is 8.08. The monoisotopic (exact) mass is 353 g/mol. The van der Waals surface area contributed by atoms with Crippen LogP contribution >= 0.6 is 12.2 Å². The van der Waals surface area contributed by atoms with Gasteiger partial charge in [-0.3, -0.25) is 9.36 Å². The second kappa shape index (κ2) is 7.92. The van der Waals surface area contributed by atoms with Gasteiger partial charge in [0.25, 0.3) is 5.91 Å². The number of carbonyl (C=O) groups excluding carboxylic acids is 1. The van der Waals surface area contributed by atoms with E-state index in [9.17, 15) is 4.79 Å². The largest absolute Gasteiger partial charge is 0.364 e. The number of amides is 1. The molecule has 0 spiro atoms. The van der Waals surface area contributed by atoms with Crippen LogP contribution in [-0.2, 0) is 9.53 Å². The molecule has 3 aromatic rings. The van der Waals surface area contributed by atoms with Crippen LogP contribution in [-0.4, -0.2) is 22.1 Å². The zero-order valence-corrected chi connectivity index (χ0v) is 14.6. The SMILES string of the molecule is CCOC(C(=O)Nc1cccc(-n2cc[nH]c2=S)c1)c1ccccc1. The number of aromatic amines is 1. The number of rotatable bonds is 6. The van der Waals surface area contributed by atoms with Gasteiger partial charge >= 0.3 is 0 Å². The molecule has 0 bridgehead atoms. The maximum atomic E-state index is 12.7. The highest BCUT2D eigenvalue weighted by atomic mass is 32.1. The first kappa shape index (κ1) is 17.1. The fraction of sp³-hybridized carbons (Fsp3) is 0.158. The predicted molar refractivity (Wildman–Crippen MR) is 100 cm³/mol. The Morgan fingerprint density at radius 3 is 2.72 bits per heavy atom. The number of H-pyrrole nitrogens is 1. The smallest absolute Gasteiger partial charge is 0.258 e. The van der Waals surface area contributed by atoms with E-state index in [1.54, 1.807) is 6.20 Å². The van der Waals surface area contributed by atoms with Crippen molar-refractivity contribution < 1.29 is 9.53 Å². The van der Waals surface area contributed by atoms with Gasteiger partial charge in [0.05, 0.1) is 0 Å². The van der Waals surface area contributed by atoms with Crippen molar-refractivity contribution in [2.75, 3.05) is 11.9 Å². The van der Waals surface area contributed by atoms with E-state index >= 15 is 0 Å². The molecule has 1 unspecified atom stereocenters. The highest BCUT2D eigenvalue weighted by Crippen LogP contribution is 2.21. The maximum Gasteiger partial charge on any atom is 0.258 e. The summed E-state index contributed by atoms with van der Waals surface area (Å²) in [6.45, 7) is 2.32.